The lowest BCUT2D eigenvalue weighted by atomic mass is 9.93. The van der Waals surface area contributed by atoms with Gasteiger partial charge in [-0.3, -0.25) is 4.99 Å². The van der Waals surface area contributed by atoms with E-state index < -0.39 is 0 Å². The van der Waals surface area contributed by atoms with E-state index in [4.69, 9.17) is 9.47 Å². The largest absolute Gasteiger partial charge is 0.383 e. The van der Waals surface area contributed by atoms with Crippen molar-refractivity contribution in [1.82, 2.24) is 10.2 Å². The van der Waals surface area contributed by atoms with Gasteiger partial charge in [-0.15, -0.1) is 0 Å². The zero-order valence-corrected chi connectivity index (χ0v) is 12.8. The molecule has 0 aromatic heterocycles. The number of nitrogens with zero attached hydrogens (tertiary/aromatic N) is 2. The standard InChI is InChI=1S/C13H25N3O2S/c1-16(7-10-17-2)6-5-14-12-15-13(11-19-12)3-8-18-9-4-13/h3-11H2,1-2H3,(H,14,15). The van der Waals surface area contributed by atoms with Crippen LogP contribution in [-0.2, 0) is 9.47 Å². The van der Waals surface area contributed by atoms with Crippen molar-refractivity contribution in [2.24, 2.45) is 4.99 Å². The van der Waals surface area contributed by atoms with E-state index in [-0.39, 0.29) is 5.54 Å². The Balaban J connectivity index is 1.69. The van der Waals surface area contributed by atoms with E-state index in [0.717, 1.165) is 63.2 Å². The summed E-state index contributed by atoms with van der Waals surface area (Å²) in [5.41, 5.74) is 0.254. The normalized spacial score (nSPS) is 24.3. The van der Waals surface area contributed by atoms with Gasteiger partial charge in [0.15, 0.2) is 5.17 Å². The van der Waals surface area contributed by atoms with E-state index in [1.54, 1.807) is 7.11 Å². The van der Waals surface area contributed by atoms with E-state index in [2.05, 4.69) is 22.3 Å². The van der Waals surface area contributed by atoms with Gasteiger partial charge in [-0.1, -0.05) is 11.8 Å². The quantitative estimate of drug-likeness (QED) is 0.783. The number of hydrogen-bond donors (Lipinski definition) is 1. The number of likely N-dealkylation sites (N-methyl/N-ethyl adjacent to an activating group) is 1. The molecule has 6 heteroatoms. The van der Waals surface area contributed by atoms with Crippen molar-refractivity contribution in [3.8, 4) is 0 Å². The van der Waals surface area contributed by atoms with E-state index >= 15 is 0 Å². The molecule has 2 saturated heterocycles. The smallest absolute Gasteiger partial charge is 0.157 e. The van der Waals surface area contributed by atoms with Crippen LogP contribution in [0.25, 0.3) is 0 Å². The highest BCUT2D eigenvalue weighted by Gasteiger charge is 2.38. The van der Waals surface area contributed by atoms with Crippen molar-refractivity contribution in [3.63, 3.8) is 0 Å². The molecule has 0 amide bonds. The van der Waals surface area contributed by atoms with Gasteiger partial charge in [0.05, 0.1) is 18.7 Å². The molecular weight excluding hydrogens is 262 g/mol. The predicted octanol–water partition coefficient (Wildman–Crippen LogP) is 0.806. The molecule has 5 nitrogen and oxygen atoms in total. The van der Waals surface area contributed by atoms with Crippen LogP contribution < -0.4 is 5.32 Å². The Kier molecular flexibility index (Phi) is 5.94. The van der Waals surface area contributed by atoms with Gasteiger partial charge in [-0.25, -0.2) is 0 Å². The van der Waals surface area contributed by atoms with Crippen LogP contribution in [0.4, 0.5) is 0 Å². The van der Waals surface area contributed by atoms with Crippen LogP contribution in [0.2, 0.25) is 0 Å². The number of nitrogens with one attached hydrogen (secondary N) is 1. The molecule has 2 aliphatic rings. The molecule has 0 saturated carbocycles. The molecule has 0 aromatic carbocycles. The molecule has 0 unspecified atom stereocenters. The highest BCUT2D eigenvalue weighted by Crippen LogP contribution is 2.31. The van der Waals surface area contributed by atoms with Gasteiger partial charge in [-0.2, -0.15) is 0 Å². The highest BCUT2D eigenvalue weighted by molar-refractivity contribution is 8.14. The van der Waals surface area contributed by atoms with Crippen LogP contribution in [-0.4, -0.2) is 75.0 Å². The van der Waals surface area contributed by atoms with Crippen molar-refractivity contribution in [3.05, 3.63) is 0 Å². The second-order valence-electron chi connectivity index (χ2n) is 5.29. The molecule has 2 fully saturated rings. The lowest BCUT2D eigenvalue weighted by molar-refractivity contribution is 0.0555. The second kappa shape index (κ2) is 7.47. The van der Waals surface area contributed by atoms with Gasteiger partial charge in [-0.05, 0) is 19.9 Å². The van der Waals surface area contributed by atoms with E-state index in [9.17, 15) is 0 Å². The van der Waals surface area contributed by atoms with Crippen molar-refractivity contribution in [2.75, 3.05) is 59.4 Å². The van der Waals surface area contributed by atoms with Crippen LogP contribution in [0, 0.1) is 0 Å². The van der Waals surface area contributed by atoms with Crippen molar-refractivity contribution in [2.45, 2.75) is 18.4 Å². The molecule has 1 spiro atoms. The van der Waals surface area contributed by atoms with E-state index in [0.29, 0.717) is 0 Å². The number of methoxy groups -OCH3 is 1. The Morgan fingerprint density at radius 2 is 2.21 bits per heavy atom. The number of aliphatic imine (C=N–C) groups is 1. The second-order valence-corrected chi connectivity index (χ2v) is 6.25. The zero-order chi connectivity index (χ0) is 13.6. The monoisotopic (exact) mass is 287 g/mol. The number of hydrogen-bond acceptors (Lipinski definition) is 5. The summed E-state index contributed by atoms with van der Waals surface area (Å²) in [5, 5.41) is 4.73. The summed E-state index contributed by atoms with van der Waals surface area (Å²) in [7, 11) is 3.84. The van der Waals surface area contributed by atoms with Crippen LogP contribution >= 0.6 is 11.8 Å². The summed E-state index contributed by atoms with van der Waals surface area (Å²) in [6.07, 6.45) is 2.21. The van der Waals surface area contributed by atoms with Gasteiger partial charge in [0.2, 0.25) is 0 Å². The first-order valence-corrected chi connectivity index (χ1v) is 7.93. The molecule has 110 valence electrons. The van der Waals surface area contributed by atoms with Crippen LogP contribution in [0.5, 0.6) is 0 Å². The first-order chi connectivity index (χ1) is 9.24. The van der Waals surface area contributed by atoms with Gasteiger partial charge in [0.25, 0.3) is 0 Å². The summed E-state index contributed by atoms with van der Waals surface area (Å²) in [6.45, 7) is 5.32. The summed E-state index contributed by atoms with van der Waals surface area (Å²) >= 11 is 1.86. The van der Waals surface area contributed by atoms with Gasteiger partial charge in [0, 0.05) is 39.2 Å². The van der Waals surface area contributed by atoms with Gasteiger partial charge >= 0.3 is 0 Å². The topological polar surface area (TPSA) is 46.1 Å². The molecule has 0 atom stereocenters. The molecule has 2 aliphatic heterocycles. The van der Waals surface area contributed by atoms with Crippen molar-refractivity contribution >= 4 is 16.9 Å². The fourth-order valence-electron chi connectivity index (χ4n) is 2.30. The minimum Gasteiger partial charge on any atom is -0.383 e. The summed E-state index contributed by atoms with van der Waals surface area (Å²) in [6, 6.07) is 0. The number of amidine groups is 1. The summed E-state index contributed by atoms with van der Waals surface area (Å²) in [5.74, 6) is 1.13. The molecule has 0 bridgehead atoms. The van der Waals surface area contributed by atoms with Crippen LogP contribution in [0.15, 0.2) is 4.99 Å². The highest BCUT2D eigenvalue weighted by atomic mass is 32.2. The minimum absolute atomic E-state index is 0.254. The number of rotatable bonds is 6. The predicted molar refractivity (Wildman–Crippen MR) is 80.1 cm³/mol. The van der Waals surface area contributed by atoms with Crippen molar-refractivity contribution in [1.29, 1.82) is 0 Å². The van der Waals surface area contributed by atoms with Gasteiger partial charge in [0.1, 0.15) is 0 Å². The average Bonchev–Trinajstić information content (AvgIpc) is 2.80. The fraction of sp³-hybridized carbons (Fsp3) is 0.923. The maximum atomic E-state index is 5.43. The third-order valence-corrected chi connectivity index (χ3v) is 4.92. The average molecular weight is 287 g/mol. The maximum Gasteiger partial charge on any atom is 0.157 e. The molecule has 0 aromatic rings. The lowest BCUT2D eigenvalue weighted by Crippen LogP contribution is -2.48. The zero-order valence-electron chi connectivity index (χ0n) is 12.0. The minimum atomic E-state index is 0.254. The first kappa shape index (κ1) is 15.1. The van der Waals surface area contributed by atoms with Crippen LogP contribution in [0.3, 0.4) is 0 Å². The molecular formula is C13H25N3O2S. The third-order valence-electron chi connectivity index (χ3n) is 3.72. The third kappa shape index (κ3) is 4.63. The Morgan fingerprint density at radius 1 is 1.42 bits per heavy atom. The SMILES string of the molecule is COCCN(C)CCN=C1NC2(CCOCC2)CS1. The van der Waals surface area contributed by atoms with Crippen LogP contribution in [0.1, 0.15) is 12.8 Å². The van der Waals surface area contributed by atoms with Crippen molar-refractivity contribution < 1.29 is 9.47 Å². The Bertz CT molecular complexity index is 306. The Morgan fingerprint density at radius 3 is 2.95 bits per heavy atom. The number of ether oxygens (including phenoxy) is 2. The molecule has 2 rings (SSSR count). The van der Waals surface area contributed by atoms with E-state index in [1.165, 1.54) is 0 Å². The molecule has 19 heavy (non-hydrogen) atoms. The van der Waals surface area contributed by atoms with E-state index in [1.807, 2.05) is 11.8 Å². The Labute approximate surface area is 120 Å². The maximum absolute atomic E-state index is 5.43. The molecule has 2 heterocycles. The first-order valence-electron chi connectivity index (χ1n) is 6.95. The Hall–Kier alpha value is -0.300. The summed E-state index contributed by atoms with van der Waals surface area (Å²) in [4.78, 5) is 6.91. The lowest BCUT2D eigenvalue weighted by Gasteiger charge is -2.32. The summed E-state index contributed by atoms with van der Waals surface area (Å²) < 4.78 is 10.5. The molecule has 1 N–H and O–H groups in total. The fourth-order valence-corrected chi connectivity index (χ4v) is 3.55. The number of thioether (sulfide) groups is 1. The molecule has 0 radical (unpaired) electrons. The molecule has 0 aliphatic carbocycles. The van der Waals surface area contributed by atoms with Gasteiger partial charge < -0.3 is 19.7 Å².